The van der Waals surface area contributed by atoms with Crippen LogP contribution in [-0.2, 0) is 4.79 Å². The zero-order valence-electron chi connectivity index (χ0n) is 5.02. The molecule has 0 aromatic carbocycles. The second-order valence-electron chi connectivity index (χ2n) is 1.41. The number of nitrogens with two attached hydrogens (primary N) is 1. The summed E-state index contributed by atoms with van der Waals surface area (Å²) >= 11 is 1.74. The summed E-state index contributed by atoms with van der Waals surface area (Å²) < 4.78 is 0. The lowest BCUT2D eigenvalue weighted by atomic mass is 10.5. The van der Waals surface area contributed by atoms with Crippen LogP contribution in [0.15, 0.2) is 0 Å². The molecule has 0 aromatic heterocycles. The van der Waals surface area contributed by atoms with Crippen LogP contribution >= 0.6 is 11.8 Å². The maximum absolute atomic E-state index is 10.1. The summed E-state index contributed by atoms with van der Waals surface area (Å²) in [7, 11) is 0. The van der Waals surface area contributed by atoms with Crippen molar-refractivity contribution in [2.24, 2.45) is 5.73 Å². The van der Waals surface area contributed by atoms with Crippen molar-refractivity contribution in [1.82, 2.24) is 0 Å². The van der Waals surface area contributed by atoms with E-state index in [0.717, 1.165) is 11.5 Å². The highest BCUT2D eigenvalue weighted by Gasteiger charge is 1.90. The van der Waals surface area contributed by atoms with Gasteiger partial charge in [-0.2, -0.15) is 11.8 Å². The van der Waals surface area contributed by atoms with Gasteiger partial charge in [-0.3, -0.25) is 4.79 Å². The molecular weight excluding hydrogens is 122 g/mol. The van der Waals surface area contributed by atoms with E-state index < -0.39 is 0 Å². The van der Waals surface area contributed by atoms with Gasteiger partial charge < -0.3 is 5.73 Å². The van der Waals surface area contributed by atoms with Crippen LogP contribution in [0.1, 0.15) is 13.3 Å². The summed E-state index contributed by atoms with van der Waals surface area (Å²) in [6, 6.07) is 0. The monoisotopic (exact) mass is 133 g/mol. The first kappa shape index (κ1) is 7.82. The van der Waals surface area contributed by atoms with E-state index in [4.69, 9.17) is 5.73 Å². The SMILES string of the molecule is CCSCCC(N)=O. The fraction of sp³-hybridized carbons (Fsp3) is 0.800. The molecule has 0 rings (SSSR count). The molecule has 3 heteroatoms. The minimum atomic E-state index is -0.203. The Bertz CT molecular complexity index is 74.8. The molecule has 0 atom stereocenters. The number of rotatable bonds is 4. The van der Waals surface area contributed by atoms with Crippen LogP contribution in [0.2, 0.25) is 0 Å². The molecule has 0 radical (unpaired) electrons. The molecule has 2 N–H and O–H groups in total. The van der Waals surface area contributed by atoms with Crippen molar-refractivity contribution in [1.29, 1.82) is 0 Å². The number of primary amides is 1. The summed E-state index contributed by atoms with van der Waals surface area (Å²) in [6.45, 7) is 2.06. The van der Waals surface area contributed by atoms with Gasteiger partial charge in [0.1, 0.15) is 0 Å². The predicted molar refractivity (Wildman–Crippen MR) is 36.8 cm³/mol. The average Bonchev–Trinajstić information content (AvgIpc) is 1.66. The quantitative estimate of drug-likeness (QED) is 0.571. The summed E-state index contributed by atoms with van der Waals surface area (Å²) in [5.74, 6) is 1.73. The largest absolute Gasteiger partial charge is 0.370 e. The smallest absolute Gasteiger partial charge is 0.218 e. The molecule has 0 aromatic rings. The minimum absolute atomic E-state index is 0.203. The summed E-state index contributed by atoms with van der Waals surface area (Å²) in [6.07, 6.45) is 0.512. The molecule has 0 saturated heterocycles. The molecule has 8 heavy (non-hydrogen) atoms. The third-order valence-electron chi connectivity index (χ3n) is 0.697. The van der Waals surface area contributed by atoms with Gasteiger partial charge in [0.25, 0.3) is 0 Å². The lowest BCUT2D eigenvalue weighted by Crippen LogP contribution is -2.10. The van der Waals surface area contributed by atoms with Crippen LogP contribution in [0.25, 0.3) is 0 Å². The van der Waals surface area contributed by atoms with Crippen LogP contribution < -0.4 is 5.73 Å². The number of hydrogen-bond donors (Lipinski definition) is 1. The third-order valence-corrected chi connectivity index (χ3v) is 1.60. The van der Waals surface area contributed by atoms with Crippen LogP contribution in [0.5, 0.6) is 0 Å². The van der Waals surface area contributed by atoms with Gasteiger partial charge in [-0.05, 0) is 5.75 Å². The van der Waals surface area contributed by atoms with E-state index in [9.17, 15) is 4.79 Å². The molecule has 0 heterocycles. The van der Waals surface area contributed by atoms with E-state index in [1.54, 1.807) is 11.8 Å². The van der Waals surface area contributed by atoms with Crippen LogP contribution in [0.3, 0.4) is 0 Å². The van der Waals surface area contributed by atoms with Crippen molar-refractivity contribution >= 4 is 17.7 Å². The van der Waals surface area contributed by atoms with Gasteiger partial charge in [-0.25, -0.2) is 0 Å². The molecule has 0 spiro atoms. The highest BCUT2D eigenvalue weighted by molar-refractivity contribution is 7.99. The standard InChI is InChI=1S/C5H11NOS/c1-2-8-4-3-5(6)7/h2-4H2,1H3,(H2,6,7). The Kier molecular flexibility index (Phi) is 4.85. The van der Waals surface area contributed by atoms with Gasteiger partial charge in [0.05, 0.1) is 0 Å². The second-order valence-corrected chi connectivity index (χ2v) is 2.81. The molecule has 0 aliphatic heterocycles. The van der Waals surface area contributed by atoms with Crippen molar-refractivity contribution in [2.75, 3.05) is 11.5 Å². The summed E-state index contributed by atoms with van der Waals surface area (Å²) in [5, 5.41) is 0. The molecule has 1 amide bonds. The van der Waals surface area contributed by atoms with Gasteiger partial charge in [-0.1, -0.05) is 6.92 Å². The molecular formula is C5H11NOS. The second kappa shape index (κ2) is 4.97. The van der Waals surface area contributed by atoms with Crippen LogP contribution in [0.4, 0.5) is 0 Å². The number of hydrogen-bond acceptors (Lipinski definition) is 2. The highest BCUT2D eigenvalue weighted by Crippen LogP contribution is 1.98. The molecule has 48 valence electrons. The fourth-order valence-electron chi connectivity index (χ4n) is 0.317. The number of amides is 1. The molecule has 0 saturated carbocycles. The third kappa shape index (κ3) is 5.82. The molecule has 0 unspecified atom stereocenters. The molecule has 0 aliphatic rings. The van der Waals surface area contributed by atoms with Gasteiger partial charge in [-0.15, -0.1) is 0 Å². The van der Waals surface area contributed by atoms with Crippen molar-refractivity contribution < 1.29 is 4.79 Å². The van der Waals surface area contributed by atoms with Crippen molar-refractivity contribution in [3.63, 3.8) is 0 Å². The topological polar surface area (TPSA) is 43.1 Å². The molecule has 0 aliphatic carbocycles. The summed E-state index contributed by atoms with van der Waals surface area (Å²) in [4.78, 5) is 10.1. The first-order valence-corrected chi connectivity index (χ1v) is 3.79. The van der Waals surface area contributed by atoms with Crippen LogP contribution in [-0.4, -0.2) is 17.4 Å². The fourth-order valence-corrected chi connectivity index (χ4v) is 0.951. The Hall–Kier alpha value is -0.180. The number of carbonyl (C=O) groups excluding carboxylic acids is 1. The first-order valence-electron chi connectivity index (χ1n) is 2.63. The maximum atomic E-state index is 10.1. The van der Waals surface area contributed by atoms with E-state index >= 15 is 0 Å². The van der Waals surface area contributed by atoms with Crippen molar-refractivity contribution in [3.8, 4) is 0 Å². The zero-order chi connectivity index (χ0) is 6.41. The molecule has 2 nitrogen and oxygen atoms in total. The highest BCUT2D eigenvalue weighted by atomic mass is 32.2. The van der Waals surface area contributed by atoms with E-state index in [1.807, 2.05) is 0 Å². The van der Waals surface area contributed by atoms with Crippen LogP contribution in [0, 0.1) is 0 Å². The Morgan fingerprint density at radius 2 is 2.38 bits per heavy atom. The van der Waals surface area contributed by atoms with Gasteiger partial charge in [0, 0.05) is 12.2 Å². The zero-order valence-corrected chi connectivity index (χ0v) is 5.83. The minimum Gasteiger partial charge on any atom is -0.370 e. The predicted octanol–water partition coefficient (Wildman–Crippen LogP) is 0.615. The Morgan fingerprint density at radius 3 is 2.75 bits per heavy atom. The van der Waals surface area contributed by atoms with Gasteiger partial charge in [0.2, 0.25) is 5.91 Å². The number of carbonyl (C=O) groups is 1. The van der Waals surface area contributed by atoms with Crippen molar-refractivity contribution in [2.45, 2.75) is 13.3 Å². The van der Waals surface area contributed by atoms with E-state index in [2.05, 4.69) is 6.92 Å². The lowest BCUT2D eigenvalue weighted by molar-refractivity contribution is -0.117. The Labute approximate surface area is 53.8 Å². The van der Waals surface area contributed by atoms with Gasteiger partial charge in [0.15, 0.2) is 0 Å². The summed E-state index contributed by atoms with van der Waals surface area (Å²) in [5.41, 5.74) is 4.88. The lowest BCUT2D eigenvalue weighted by Gasteiger charge is -1.91. The first-order chi connectivity index (χ1) is 3.77. The number of thioether (sulfide) groups is 1. The van der Waals surface area contributed by atoms with Crippen molar-refractivity contribution in [3.05, 3.63) is 0 Å². The van der Waals surface area contributed by atoms with E-state index in [0.29, 0.717) is 6.42 Å². The van der Waals surface area contributed by atoms with E-state index in [1.165, 1.54) is 0 Å². The molecule has 0 fully saturated rings. The van der Waals surface area contributed by atoms with E-state index in [-0.39, 0.29) is 5.91 Å². The maximum Gasteiger partial charge on any atom is 0.218 e. The normalized spacial score (nSPS) is 9.12. The average molecular weight is 133 g/mol. The van der Waals surface area contributed by atoms with Gasteiger partial charge >= 0.3 is 0 Å². The Morgan fingerprint density at radius 1 is 1.75 bits per heavy atom. The molecule has 0 bridgehead atoms. The Balaban J connectivity index is 2.82.